The first-order valence-electron chi connectivity index (χ1n) is 6.02. The molecule has 1 unspecified atom stereocenters. The van der Waals surface area contributed by atoms with Crippen molar-refractivity contribution in [2.75, 3.05) is 13.7 Å². The third kappa shape index (κ3) is 2.74. The first-order chi connectivity index (χ1) is 9.17. The van der Waals surface area contributed by atoms with Crippen LogP contribution in [0.25, 0.3) is 0 Å². The topological polar surface area (TPSA) is 79.2 Å². The van der Waals surface area contributed by atoms with Gasteiger partial charge < -0.3 is 14.8 Å². The van der Waals surface area contributed by atoms with Crippen molar-refractivity contribution in [3.8, 4) is 11.8 Å². The molecule has 0 aliphatic heterocycles. The highest BCUT2D eigenvalue weighted by molar-refractivity contribution is 5.77. The van der Waals surface area contributed by atoms with Gasteiger partial charge in [-0.3, -0.25) is 4.79 Å². The number of carbonyl (C=O) groups is 2. The number of ether oxygens (including phenoxy) is 1. The van der Waals surface area contributed by atoms with Gasteiger partial charge in [0.1, 0.15) is 12.0 Å². The van der Waals surface area contributed by atoms with E-state index < -0.39 is 0 Å². The monoisotopic (exact) mass is 258 g/mol. The van der Waals surface area contributed by atoms with Crippen molar-refractivity contribution < 1.29 is 14.3 Å². The molecule has 1 aliphatic rings. The average Bonchev–Trinajstić information content (AvgIpc) is 2.86. The van der Waals surface area contributed by atoms with E-state index in [0.717, 1.165) is 17.4 Å². The Morgan fingerprint density at radius 1 is 1.58 bits per heavy atom. The summed E-state index contributed by atoms with van der Waals surface area (Å²) in [4.78, 5) is 22.0. The van der Waals surface area contributed by atoms with Crippen LogP contribution in [0.4, 0.5) is 0 Å². The molecule has 0 bridgehead atoms. The summed E-state index contributed by atoms with van der Waals surface area (Å²) in [7, 11) is 1.53. The fourth-order valence-corrected chi connectivity index (χ4v) is 2.24. The zero-order valence-electron chi connectivity index (χ0n) is 10.6. The Hall–Kier alpha value is -2.35. The second kappa shape index (κ2) is 5.53. The van der Waals surface area contributed by atoms with Gasteiger partial charge in [-0.2, -0.15) is 5.26 Å². The van der Waals surface area contributed by atoms with Crippen LogP contribution in [0.2, 0.25) is 0 Å². The molecule has 1 aromatic carbocycles. The molecule has 19 heavy (non-hydrogen) atoms. The van der Waals surface area contributed by atoms with Crippen molar-refractivity contribution >= 4 is 12.2 Å². The lowest BCUT2D eigenvalue weighted by atomic mass is 10.0. The van der Waals surface area contributed by atoms with E-state index in [-0.39, 0.29) is 18.4 Å². The maximum atomic E-state index is 11.1. The Bertz CT molecular complexity index is 561. The molecule has 2 rings (SSSR count). The highest BCUT2D eigenvalue weighted by Crippen LogP contribution is 2.32. The van der Waals surface area contributed by atoms with Crippen LogP contribution in [-0.2, 0) is 22.4 Å². The SMILES string of the molecule is CNC(=O)COc1cc(C#N)c2c(c1)CC(C=O)C2. The Kier molecular flexibility index (Phi) is 3.81. The van der Waals surface area contributed by atoms with Crippen LogP contribution in [0, 0.1) is 17.2 Å². The minimum atomic E-state index is -0.232. The molecule has 0 aromatic heterocycles. The van der Waals surface area contributed by atoms with E-state index in [0.29, 0.717) is 24.2 Å². The molecule has 5 nitrogen and oxygen atoms in total. The summed E-state index contributed by atoms with van der Waals surface area (Å²) in [6.45, 7) is -0.0860. The zero-order chi connectivity index (χ0) is 13.8. The van der Waals surface area contributed by atoms with Gasteiger partial charge in [0, 0.05) is 13.0 Å². The van der Waals surface area contributed by atoms with Crippen molar-refractivity contribution in [2.45, 2.75) is 12.8 Å². The number of likely N-dealkylation sites (N-methyl/N-ethyl adjacent to an activating group) is 1. The summed E-state index contributed by atoms with van der Waals surface area (Å²) in [5.41, 5.74) is 2.41. The quantitative estimate of drug-likeness (QED) is 0.802. The molecule has 0 saturated carbocycles. The molecule has 1 aliphatic carbocycles. The highest BCUT2D eigenvalue weighted by atomic mass is 16.5. The number of aldehydes is 1. The fourth-order valence-electron chi connectivity index (χ4n) is 2.24. The molecule has 1 amide bonds. The number of nitrogens with zero attached hydrogens (tertiary/aromatic N) is 1. The van der Waals surface area contributed by atoms with E-state index in [4.69, 9.17) is 10.00 Å². The molecule has 1 atom stereocenters. The lowest BCUT2D eigenvalue weighted by Gasteiger charge is -2.08. The molecule has 5 heteroatoms. The standard InChI is InChI=1S/C14H14N2O3/c1-16-14(18)8-19-12-4-10-2-9(7-17)3-13(10)11(5-12)6-15/h4-5,7,9H,2-3,8H2,1H3,(H,16,18). The van der Waals surface area contributed by atoms with Crippen molar-refractivity contribution in [1.29, 1.82) is 5.26 Å². The molecule has 0 fully saturated rings. The predicted molar refractivity (Wildman–Crippen MR) is 67.7 cm³/mol. The molecule has 0 spiro atoms. The molecule has 98 valence electrons. The Labute approximate surface area is 111 Å². The third-order valence-electron chi connectivity index (χ3n) is 3.23. The van der Waals surface area contributed by atoms with Crippen LogP contribution in [0.5, 0.6) is 5.75 Å². The summed E-state index contributed by atoms with van der Waals surface area (Å²) < 4.78 is 5.34. The largest absolute Gasteiger partial charge is 0.484 e. The maximum Gasteiger partial charge on any atom is 0.257 e. The number of nitrogens with one attached hydrogen (secondary N) is 1. The number of rotatable bonds is 4. The number of benzene rings is 1. The van der Waals surface area contributed by atoms with Gasteiger partial charge in [0.25, 0.3) is 5.91 Å². The first-order valence-corrected chi connectivity index (χ1v) is 6.02. The molecule has 1 N–H and O–H groups in total. The van der Waals surface area contributed by atoms with Gasteiger partial charge >= 0.3 is 0 Å². The van der Waals surface area contributed by atoms with Crippen LogP contribution in [0.3, 0.4) is 0 Å². The third-order valence-corrected chi connectivity index (χ3v) is 3.23. The molecule has 0 saturated heterocycles. The molecule has 1 aromatic rings. The van der Waals surface area contributed by atoms with E-state index >= 15 is 0 Å². The van der Waals surface area contributed by atoms with E-state index in [9.17, 15) is 9.59 Å². The second-order valence-electron chi connectivity index (χ2n) is 4.49. The minimum Gasteiger partial charge on any atom is -0.484 e. The first kappa shape index (κ1) is 13.1. The Balaban J connectivity index is 2.23. The Morgan fingerprint density at radius 2 is 2.37 bits per heavy atom. The highest BCUT2D eigenvalue weighted by Gasteiger charge is 2.24. The van der Waals surface area contributed by atoms with Crippen LogP contribution in [-0.4, -0.2) is 25.8 Å². The van der Waals surface area contributed by atoms with Crippen molar-refractivity contribution in [3.05, 3.63) is 28.8 Å². The van der Waals surface area contributed by atoms with Gasteiger partial charge in [0.2, 0.25) is 0 Å². The zero-order valence-corrected chi connectivity index (χ0v) is 10.6. The minimum absolute atomic E-state index is 0.0590. The second-order valence-corrected chi connectivity index (χ2v) is 4.49. The van der Waals surface area contributed by atoms with E-state index in [2.05, 4.69) is 11.4 Å². The summed E-state index contributed by atoms with van der Waals surface area (Å²) in [5, 5.41) is 11.6. The average molecular weight is 258 g/mol. The van der Waals surface area contributed by atoms with E-state index in [1.54, 1.807) is 6.07 Å². The maximum absolute atomic E-state index is 11.1. The van der Waals surface area contributed by atoms with E-state index in [1.807, 2.05) is 6.07 Å². The summed E-state index contributed by atoms with van der Waals surface area (Å²) in [5.74, 6) is 0.200. The Morgan fingerprint density at radius 3 is 3.00 bits per heavy atom. The number of fused-ring (bicyclic) bond motifs is 1. The molecular formula is C14H14N2O3. The number of amides is 1. The van der Waals surface area contributed by atoms with Crippen molar-refractivity contribution in [3.63, 3.8) is 0 Å². The molecular weight excluding hydrogens is 244 g/mol. The van der Waals surface area contributed by atoms with E-state index in [1.165, 1.54) is 7.05 Å². The lowest BCUT2D eigenvalue weighted by molar-refractivity contribution is -0.122. The summed E-state index contributed by atoms with van der Waals surface area (Å²) in [6, 6.07) is 5.55. The van der Waals surface area contributed by atoms with Gasteiger partial charge in [-0.15, -0.1) is 0 Å². The molecule has 0 radical (unpaired) electrons. The smallest absolute Gasteiger partial charge is 0.257 e. The lowest BCUT2D eigenvalue weighted by Crippen LogP contribution is -2.24. The number of carbonyl (C=O) groups excluding carboxylic acids is 2. The van der Waals surface area contributed by atoms with Gasteiger partial charge in [-0.05, 0) is 36.1 Å². The number of hydrogen-bond donors (Lipinski definition) is 1. The van der Waals surface area contributed by atoms with Crippen LogP contribution in [0.1, 0.15) is 16.7 Å². The van der Waals surface area contributed by atoms with Gasteiger partial charge in [0.15, 0.2) is 6.61 Å². The summed E-state index contributed by atoms with van der Waals surface area (Å²) in [6.07, 6.45) is 2.16. The molecule has 0 heterocycles. The fraction of sp³-hybridized carbons (Fsp3) is 0.357. The normalized spacial score (nSPS) is 16.3. The van der Waals surface area contributed by atoms with Crippen molar-refractivity contribution in [2.24, 2.45) is 5.92 Å². The summed E-state index contributed by atoms with van der Waals surface area (Å²) >= 11 is 0. The van der Waals surface area contributed by atoms with Crippen LogP contribution < -0.4 is 10.1 Å². The number of nitriles is 1. The van der Waals surface area contributed by atoms with Crippen LogP contribution in [0.15, 0.2) is 12.1 Å². The van der Waals surface area contributed by atoms with Gasteiger partial charge in [0.05, 0.1) is 11.6 Å². The number of hydrogen-bond acceptors (Lipinski definition) is 4. The van der Waals surface area contributed by atoms with Crippen LogP contribution >= 0.6 is 0 Å². The van der Waals surface area contributed by atoms with Crippen molar-refractivity contribution in [1.82, 2.24) is 5.32 Å². The predicted octanol–water partition coefficient (Wildman–Crippen LogP) is 0.597. The van der Waals surface area contributed by atoms with Gasteiger partial charge in [-0.25, -0.2) is 0 Å². The van der Waals surface area contributed by atoms with Gasteiger partial charge in [-0.1, -0.05) is 0 Å².